The lowest BCUT2D eigenvalue weighted by Gasteiger charge is -2.11. The molecule has 0 radical (unpaired) electrons. The number of hydrogen-bond acceptors (Lipinski definition) is 4. The Bertz CT molecular complexity index is 842. The Morgan fingerprint density at radius 2 is 2.04 bits per heavy atom. The summed E-state index contributed by atoms with van der Waals surface area (Å²) in [7, 11) is 3.20. The van der Waals surface area contributed by atoms with E-state index >= 15 is 0 Å². The van der Waals surface area contributed by atoms with Crippen LogP contribution >= 0.6 is 0 Å². The van der Waals surface area contributed by atoms with Crippen molar-refractivity contribution in [3.05, 3.63) is 53.9 Å². The van der Waals surface area contributed by atoms with Gasteiger partial charge in [0.15, 0.2) is 0 Å². The van der Waals surface area contributed by atoms with Crippen LogP contribution in [0.25, 0.3) is 11.0 Å². The molecule has 0 aliphatic carbocycles. The fourth-order valence-corrected chi connectivity index (χ4v) is 2.37. The summed E-state index contributed by atoms with van der Waals surface area (Å²) in [6.07, 6.45) is 1.60. The third kappa shape index (κ3) is 3.11. The van der Waals surface area contributed by atoms with Crippen LogP contribution in [0.1, 0.15) is 15.9 Å². The van der Waals surface area contributed by atoms with Crippen LogP contribution in [0.3, 0.4) is 0 Å². The summed E-state index contributed by atoms with van der Waals surface area (Å²) >= 11 is 0. The minimum absolute atomic E-state index is 0.161. The van der Waals surface area contributed by atoms with Gasteiger partial charge in [0, 0.05) is 17.7 Å². The third-order valence-corrected chi connectivity index (χ3v) is 3.61. The zero-order chi connectivity index (χ0) is 16.2. The second-order valence-electron chi connectivity index (χ2n) is 4.99. The number of imidazole rings is 1. The number of hydrogen-bond donors (Lipinski definition) is 2. The molecule has 0 aliphatic heterocycles. The molecule has 3 rings (SSSR count). The number of rotatable bonds is 5. The summed E-state index contributed by atoms with van der Waals surface area (Å²) in [6.45, 7) is 0.347. The van der Waals surface area contributed by atoms with Gasteiger partial charge in [-0.15, -0.1) is 0 Å². The molecule has 6 nitrogen and oxygen atoms in total. The maximum atomic E-state index is 12.3. The zero-order valence-electron chi connectivity index (χ0n) is 12.9. The number of nitrogens with one attached hydrogen (secondary N) is 2. The third-order valence-electron chi connectivity index (χ3n) is 3.61. The first-order valence-electron chi connectivity index (χ1n) is 7.13. The summed E-state index contributed by atoms with van der Waals surface area (Å²) in [5, 5.41) is 2.89. The second-order valence-corrected chi connectivity index (χ2v) is 4.99. The summed E-state index contributed by atoms with van der Waals surface area (Å²) in [6, 6.07) is 10.8. The molecule has 1 amide bonds. The predicted octanol–water partition coefficient (Wildman–Crippen LogP) is 2.51. The zero-order valence-corrected chi connectivity index (χ0v) is 12.9. The van der Waals surface area contributed by atoms with Crippen molar-refractivity contribution in [2.45, 2.75) is 6.54 Å². The lowest BCUT2D eigenvalue weighted by molar-refractivity contribution is 0.0950. The number of benzene rings is 2. The van der Waals surface area contributed by atoms with Crippen molar-refractivity contribution in [3.63, 3.8) is 0 Å². The van der Waals surface area contributed by atoms with Crippen molar-refractivity contribution in [1.29, 1.82) is 0 Å². The van der Waals surface area contributed by atoms with E-state index in [4.69, 9.17) is 9.47 Å². The number of carbonyl (C=O) groups is 1. The van der Waals surface area contributed by atoms with Crippen LogP contribution in [-0.4, -0.2) is 30.1 Å². The Labute approximate surface area is 133 Å². The molecule has 0 saturated heterocycles. The van der Waals surface area contributed by atoms with E-state index in [1.54, 1.807) is 32.7 Å². The molecule has 2 N–H and O–H groups in total. The Morgan fingerprint density at radius 3 is 2.83 bits per heavy atom. The molecule has 0 fully saturated rings. The lowest BCUT2D eigenvalue weighted by Crippen LogP contribution is -2.23. The first-order chi connectivity index (χ1) is 11.2. The van der Waals surface area contributed by atoms with Crippen LogP contribution in [-0.2, 0) is 6.54 Å². The molecule has 0 atom stereocenters. The first kappa shape index (κ1) is 14.9. The first-order valence-corrected chi connectivity index (χ1v) is 7.13. The minimum Gasteiger partial charge on any atom is -0.497 e. The Hall–Kier alpha value is -3.02. The number of fused-ring (bicyclic) bond motifs is 1. The minimum atomic E-state index is -0.161. The van der Waals surface area contributed by atoms with Crippen molar-refractivity contribution < 1.29 is 14.3 Å². The average molecular weight is 311 g/mol. The van der Waals surface area contributed by atoms with Gasteiger partial charge in [-0.1, -0.05) is 0 Å². The van der Waals surface area contributed by atoms with E-state index in [9.17, 15) is 4.79 Å². The van der Waals surface area contributed by atoms with E-state index < -0.39 is 0 Å². The number of ether oxygens (including phenoxy) is 2. The van der Waals surface area contributed by atoms with E-state index in [1.165, 1.54) is 0 Å². The molecule has 1 heterocycles. The molecule has 6 heteroatoms. The maximum Gasteiger partial charge on any atom is 0.251 e. The van der Waals surface area contributed by atoms with Crippen LogP contribution < -0.4 is 14.8 Å². The van der Waals surface area contributed by atoms with Crippen molar-refractivity contribution in [2.24, 2.45) is 0 Å². The van der Waals surface area contributed by atoms with Gasteiger partial charge in [0.05, 0.1) is 31.6 Å². The van der Waals surface area contributed by atoms with E-state index in [1.807, 2.05) is 24.3 Å². The molecule has 0 bridgehead atoms. The Kier molecular flexibility index (Phi) is 4.14. The monoisotopic (exact) mass is 311 g/mol. The van der Waals surface area contributed by atoms with Gasteiger partial charge in [-0.05, 0) is 36.4 Å². The van der Waals surface area contributed by atoms with Gasteiger partial charge < -0.3 is 19.8 Å². The number of carbonyl (C=O) groups excluding carboxylic acids is 1. The van der Waals surface area contributed by atoms with Gasteiger partial charge in [0.1, 0.15) is 11.5 Å². The number of aromatic nitrogens is 2. The van der Waals surface area contributed by atoms with Crippen molar-refractivity contribution in [1.82, 2.24) is 15.3 Å². The molecule has 23 heavy (non-hydrogen) atoms. The predicted molar refractivity (Wildman–Crippen MR) is 86.8 cm³/mol. The SMILES string of the molecule is COc1ccc(OC)c(CNC(=O)c2ccc3nc[nH]c3c2)c1. The van der Waals surface area contributed by atoms with Crippen molar-refractivity contribution in [2.75, 3.05) is 14.2 Å². The maximum absolute atomic E-state index is 12.3. The molecule has 0 saturated carbocycles. The fraction of sp³-hybridized carbons (Fsp3) is 0.176. The highest BCUT2D eigenvalue weighted by Gasteiger charge is 2.10. The van der Waals surface area contributed by atoms with E-state index in [-0.39, 0.29) is 5.91 Å². The molecule has 0 unspecified atom stereocenters. The van der Waals surface area contributed by atoms with Crippen LogP contribution in [0, 0.1) is 0 Å². The molecule has 118 valence electrons. The highest BCUT2D eigenvalue weighted by Crippen LogP contribution is 2.23. The van der Waals surface area contributed by atoms with E-state index in [0.717, 1.165) is 16.6 Å². The summed E-state index contributed by atoms with van der Waals surface area (Å²) < 4.78 is 10.5. The smallest absolute Gasteiger partial charge is 0.251 e. The van der Waals surface area contributed by atoms with Gasteiger partial charge in [-0.25, -0.2) is 4.98 Å². The second kappa shape index (κ2) is 6.39. The Balaban J connectivity index is 1.75. The van der Waals surface area contributed by atoms with Crippen molar-refractivity contribution >= 4 is 16.9 Å². The molecule has 0 aliphatic rings. The Morgan fingerprint density at radius 1 is 1.17 bits per heavy atom. The molecule has 2 aromatic carbocycles. The molecular formula is C17H17N3O3. The van der Waals surface area contributed by atoms with Crippen LogP contribution in [0.4, 0.5) is 0 Å². The standard InChI is InChI=1S/C17H17N3O3/c1-22-13-4-6-16(23-2)12(7-13)9-18-17(21)11-3-5-14-15(8-11)20-10-19-14/h3-8,10H,9H2,1-2H3,(H,18,21)(H,19,20). The van der Waals surface area contributed by atoms with Crippen LogP contribution in [0.2, 0.25) is 0 Å². The average Bonchev–Trinajstić information content (AvgIpc) is 3.06. The lowest BCUT2D eigenvalue weighted by atomic mass is 10.1. The highest BCUT2D eigenvalue weighted by atomic mass is 16.5. The van der Waals surface area contributed by atoms with Gasteiger partial charge >= 0.3 is 0 Å². The fourth-order valence-electron chi connectivity index (χ4n) is 2.37. The van der Waals surface area contributed by atoms with E-state index in [0.29, 0.717) is 23.6 Å². The van der Waals surface area contributed by atoms with Crippen LogP contribution in [0.15, 0.2) is 42.7 Å². The normalized spacial score (nSPS) is 10.5. The van der Waals surface area contributed by atoms with Gasteiger partial charge in [0.2, 0.25) is 0 Å². The van der Waals surface area contributed by atoms with E-state index in [2.05, 4.69) is 15.3 Å². The highest BCUT2D eigenvalue weighted by molar-refractivity contribution is 5.97. The summed E-state index contributed by atoms with van der Waals surface area (Å²) in [5.41, 5.74) is 3.08. The molecule has 0 spiro atoms. The van der Waals surface area contributed by atoms with Crippen LogP contribution in [0.5, 0.6) is 11.5 Å². The summed E-state index contributed by atoms with van der Waals surface area (Å²) in [4.78, 5) is 19.5. The number of methoxy groups -OCH3 is 2. The topological polar surface area (TPSA) is 76.2 Å². The molecule has 3 aromatic rings. The quantitative estimate of drug-likeness (QED) is 0.759. The van der Waals surface area contributed by atoms with Gasteiger partial charge in [0.25, 0.3) is 5.91 Å². The van der Waals surface area contributed by atoms with Gasteiger partial charge in [-0.3, -0.25) is 4.79 Å². The number of aromatic amines is 1. The number of H-pyrrole nitrogens is 1. The molecular weight excluding hydrogens is 294 g/mol. The number of nitrogens with zero attached hydrogens (tertiary/aromatic N) is 1. The van der Waals surface area contributed by atoms with Crippen molar-refractivity contribution in [3.8, 4) is 11.5 Å². The number of amides is 1. The largest absolute Gasteiger partial charge is 0.497 e. The molecule has 1 aromatic heterocycles. The van der Waals surface area contributed by atoms with Gasteiger partial charge in [-0.2, -0.15) is 0 Å². The summed E-state index contributed by atoms with van der Waals surface area (Å²) in [5.74, 6) is 1.26.